The molecule has 12 fully saturated rings. The molecule has 12 heterocycles. The molecule has 0 aliphatic carbocycles. The third-order valence-corrected chi connectivity index (χ3v) is 70.3. The van der Waals surface area contributed by atoms with Gasteiger partial charge in [0.1, 0.15) is 0 Å². The van der Waals surface area contributed by atoms with E-state index in [1.807, 2.05) is 0 Å². The summed E-state index contributed by atoms with van der Waals surface area (Å²) in [6.07, 6.45) is 10.1. The van der Waals surface area contributed by atoms with Crippen LogP contribution in [0.5, 0.6) is 0 Å². The van der Waals surface area contributed by atoms with Crippen molar-refractivity contribution < 1.29 is 6.51 Å². The number of hydrogen-bond acceptors (Lipinski definition) is 2. The second kappa shape index (κ2) is 2.73. The normalized spacial score (nSPS) is 82.9. The predicted octanol–water partition coefficient (Wildman–Crippen LogP) is 7.72. The van der Waals surface area contributed by atoms with Crippen molar-refractivity contribution in [3.8, 4) is 0 Å². The molecule has 0 bridgehead atoms. The summed E-state index contributed by atoms with van der Waals surface area (Å²) in [4.78, 5) is 7.76. The molecule has 12 rings (SSSR count). The molecule has 35 heavy (non-hydrogen) atoms. The van der Waals surface area contributed by atoms with Crippen molar-refractivity contribution in [1.82, 2.24) is 10.6 Å². The Morgan fingerprint density at radius 1 is 0.743 bits per heavy atom. The summed E-state index contributed by atoms with van der Waals surface area (Å²) >= 11 is 0. The molecule has 0 aromatic carbocycles. The van der Waals surface area contributed by atoms with Gasteiger partial charge in [0.05, 0.1) is 0 Å². The van der Waals surface area contributed by atoms with E-state index in [0.29, 0.717) is 16.0 Å². The van der Waals surface area contributed by atoms with Gasteiger partial charge in [-0.3, -0.25) is 0 Å². The Morgan fingerprint density at radius 2 is 1.23 bits per heavy atom. The topological polar surface area (TPSA) is 24.1 Å². The van der Waals surface area contributed by atoms with Crippen molar-refractivity contribution in [3.05, 3.63) is 0 Å². The molecular weight excluding hydrogens is 506 g/mol. The van der Waals surface area contributed by atoms with E-state index in [1.165, 1.54) is 86.7 Å². The maximum absolute atomic E-state index is 4.31. The van der Waals surface area contributed by atoms with Gasteiger partial charge in [-0.15, -0.1) is 0 Å². The van der Waals surface area contributed by atoms with Crippen LogP contribution in [0.3, 0.4) is 0 Å². The minimum absolute atomic E-state index is 0.385. The second-order valence-electron chi connectivity index (χ2n) is 19.7. The Kier molecular flexibility index (Phi) is 1.58. The summed E-state index contributed by atoms with van der Waals surface area (Å²) in [5.74, 6) is 0. The van der Waals surface area contributed by atoms with Gasteiger partial charge in [-0.1, -0.05) is 0 Å². The van der Waals surface area contributed by atoms with Crippen LogP contribution in [-0.4, -0.2) is 36.5 Å². The molecule has 9 atom stereocenters. The monoisotopic (exact) mass is 556 g/mol. The Bertz CT molecular complexity index is 1530. The van der Waals surface area contributed by atoms with Gasteiger partial charge in [-0.2, -0.15) is 0 Å². The average molecular weight is 557 g/mol. The van der Waals surface area contributed by atoms with Crippen LogP contribution in [0.4, 0.5) is 0 Å². The molecule has 12 aliphatic heterocycles. The van der Waals surface area contributed by atoms with E-state index in [-0.39, 0.29) is 0 Å². The van der Waals surface area contributed by atoms with Crippen molar-refractivity contribution in [1.29, 1.82) is 0 Å². The first-order valence-electron chi connectivity index (χ1n) is 15.4. The van der Waals surface area contributed by atoms with Gasteiger partial charge in [0, 0.05) is 0 Å². The molecule has 0 aromatic rings. The Labute approximate surface area is 208 Å². The SMILES string of the molecule is CC(C)(C)[C]12[CH]3[C]4(CP)[C]5(C(P)(C6CCCCN6)C6CCCCN6)[C]1(C(C)(C)C)[Fe]34251678[CH]2[CH]1[CH]6[CH]7[CH]28. The van der Waals surface area contributed by atoms with Crippen molar-refractivity contribution in [2.75, 3.05) is 19.3 Å². The fraction of sp³-hybridized carbons (Fsp3) is 1.00. The zero-order valence-electron chi connectivity index (χ0n) is 23.0. The molecule has 198 valence electrons. The molecule has 12 aliphatic rings. The van der Waals surface area contributed by atoms with Crippen LogP contribution < -0.4 is 10.6 Å². The van der Waals surface area contributed by atoms with Crippen molar-refractivity contribution in [2.24, 2.45) is 10.8 Å². The molecule has 0 amide bonds. The van der Waals surface area contributed by atoms with E-state index in [2.05, 4.69) is 70.7 Å². The van der Waals surface area contributed by atoms with Gasteiger partial charge in [0.15, 0.2) is 0 Å². The summed E-state index contributed by atoms with van der Waals surface area (Å²) < 4.78 is 3.10. The standard InChI is InChI=1S/C25H45N2P2.C5H5.Fe/c1-23(2,3)18-15-17(16-28)21(22(18)24(4,5)6)25(29,19-11-7-9-13-26-19)20-12-8-10-14-27-20;1-2-4-5-3-1;/h15,19-20,26-27H,7-14,16,28-29H2,1-6H3;1-5H;. The predicted molar refractivity (Wildman–Crippen MR) is 150 cm³/mol. The van der Waals surface area contributed by atoms with Gasteiger partial charge in [-0.25, -0.2) is 0 Å². The molecule has 5 heteroatoms. The van der Waals surface area contributed by atoms with E-state index in [1.54, 1.807) is 0 Å². The minimum atomic E-state index is -4.13. The molecule has 12 saturated heterocycles. The third-order valence-electron chi connectivity index (χ3n) is 22.3. The fourth-order valence-electron chi connectivity index (χ4n) is 27.4. The average Bonchev–Trinajstić information content (AvgIpc) is 3.77. The molecular formula is C30H50FeN2P2. The summed E-state index contributed by atoms with van der Waals surface area (Å²) in [6, 6.07) is 1.45. The van der Waals surface area contributed by atoms with Gasteiger partial charge < -0.3 is 0 Å². The first-order chi connectivity index (χ1) is 16.2. The van der Waals surface area contributed by atoms with Gasteiger partial charge >= 0.3 is 209 Å². The molecule has 2 nitrogen and oxygen atoms in total. The van der Waals surface area contributed by atoms with Crippen LogP contribution in [0.2, 0.25) is 46.2 Å². The Morgan fingerprint density at radius 3 is 1.54 bits per heavy atom. The van der Waals surface area contributed by atoms with Crippen molar-refractivity contribution in [3.63, 3.8) is 0 Å². The van der Waals surface area contributed by atoms with Crippen molar-refractivity contribution >= 4 is 18.5 Å². The van der Waals surface area contributed by atoms with Crippen LogP contribution in [0, 0.1) is 10.8 Å². The molecule has 0 saturated carbocycles. The summed E-state index contributed by atoms with van der Waals surface area (Å²) in [5.41, 5.74) is 0.980. The van der Waals surface area contributed by atoms with Gasteiger partial charge in [-0.05, 0) is 0 Å². The zero-order chi connectivity index (χ0) is 24.2. The van der Waals surface area contributed by atoms with Crippen LogP contribution in [-0.2, 0) is 6.51 Å². The number of hydrogen-bond donors (Lipinski definition) is 2. The van der Waals surface area contributed by atoms with Crippen LogP contribution >= 0.6 is 18.5 Å². The fourth-order valence-corrected chi connectivity index (χ4v) is 122. The second-order valence-corrected chi connectivity index (χ2v) is 43.7. The van der Waals surface area contributed by atoms with E-state index >= 15 is 0 Å². The molecule has 2 N–H and O–H groups in total. The van der Waals surface area contributed by atoms with E-state index < -0.39 is 6.51 Å². The number of piperidine rings is 2. The van der Waals surface area contributed by atoms with Gasteiger partial charge in [0.2, 0.25) is 0 Å². The summed E-state index contributed by atoms with van der Waals surface area (Å²) in [5, 5.41) is 9.00. The Hall–Kier alpha value is 1.30. The maximum atomic E-state index is 4.31. The van der Waals surface area contributed by atoms with Crippen LogP contribution in [0.15, 0.2) is 0 Å². The molecule has 0 radical (unpaired) electrons. The molecule has 1 spiro atoms. The van der Waals surface area contributed by atoms with E-state index in [9.17, 15) is 0 Å². The molecule has 0 aromatic heterocycles. The number of rotatable bonds is 4. The Balaban J connectivity index is 1.28. The molecule has 9 unspecified atom stereocenters. The van der Waals surface area contributed by atoms with E-state index in [0.717, 1.165) is 29.3 Å². The van der Waals surface area contributed by atoms with Crippen molar-refractivity contribution in [2.45, 2.75) is 143 Å². The first kappa shape index (κ1) is 20.2. The summed E-state index contributed by atoms with van der Waals surface area (Å²) in [7, 11) is 7.42. The van der Waals surface area contributed by atoms with Crippen LogP contribution in [0.25, 0.3) is 0 Å². The van der Waals surface area contributed by atoms with Crippen LogP contribution in [0.1, 0.15) is 80.1 Å². The number of fused-ring (bicyclic) bond motifs is 10. The van der Waals surface area contributed by atoms with Gasteiger partial charge in [0.25, 0.3) is 0 Å². The summed E-state index contributed by atoms with van der Waals surface area (Å²) in [6.45, 7) is 15.1. The first-order valence-corrected chi connectivity index (χ1v) is 22.8. The third kappa shape index (κ3) is 0.396. The quantitative estimate of drug-likeness (QED) is 0.274. The zero-order valence-corrected chi connectivity index (χ0v) is 26.4. The number of nitrogens with one attached hydrogen (secondary N) is 2. The van der Waals surface area contributed by atoms with E-state index in [4.69, 9.17) is 0 Å².